The largest absolute Gasteiger partial charge is 0.496 e. The van der Waals surface area contributed by atoms with Crippen LogP contribution in [0.25, 0.3) is 6.08 Å². The molecule has 24 heavy (non-hydrogen) atoms. The zero-order valence-corrected chi connectivity index (χ0v) is 14.6. The number of carbonyl (C=O) groups is 1. The molecule has 0 bridgehead atoms. The van der Waals surface area contributed by atoms with Crippen LogP contribution in [-0.2, 0) is 4.79 Å². The number of hydrogen-bond acceptors (Lipinski definition) is 4. The smallest absolute Gasteiger partial charge is 0.266 e. The van der Waals surface area contributed by atoms with Crippen molar-refractivity contribution in [3.63, 3.8) is 0 Å². The van der Waals surface area contributed by atoms with Gasteiger partial charge in [0.1, 0.15) is 17.4 Å². The van der Waals surface area contributed by atoms with Crippen LogP contribution in [0.15, 0.2) is 52.9 Å². The Kier molecular flexibility index (Phi) is 6.05. The van der Waals surface area contributed by atoms with Crippen LogP contribution in [0.2, 0.25) is 0 Å². The Morgan fingerprint density at radius 2 is 2.08 bits per heavy atom. The average Bonchev–Trinajstić information content (AvgIpc) is 2.59. The summed E-state index contributed by atoms with van der Waals surface area (Å²) in [4.78, 5) is 13.3. The fourth-order valence-corrected chi connectivity index (χ4v) is 2.73. The molecule has 2 rings (SSSR count). The number of ether oxygens (including phenoxy) is 1. The number of nitrogens with zero attached hydrogens (tertiary/aromatic N) is 1. The van der Waals surface area contributed by atoms with Crippen molar-refractivity contribution < 1.29 is 9.53 Å². The SMILES string of the molecule is COc1cc(/C=C(/C#N)C(=O)Nc2cccc(C)c2)ccc1SC. The Bertz CT molecular complexity index is 822. The minimum atomic E-state index is -0.434. The van der Waals surface area contributed by atoms with E-state index in [4.69, 9.17) is 4.74 Å². The van der Waals surface area contributed by atoms with Crippen molar-refractivity contribution in [3.05, 3.63) is 59.2 Å². The van der Waals surface area contributed by atoms with Gasteiger partial charge in [0.05, 0.1) is 7.11 Å². The molecule has 0 aliphatic heterocycles. The second kappa shape index (κ2) is 8.23. The van der Waals surface area contributed by atoms with Crippen molar-refractivity contribution in [2.75, 3.05) is 18.7 Å². The molecule has 1 N–H and O–H groups in total. The van der Waals surface area contributed by atoms with E-state index in [2.05, 4.69) is 5.32 Å². The fourth-order valence-electron chi connectivity index (χ4n) is 2.18. The number of thioether (sulfide) groups is 1. The predicted molar refractivity (Wildman–Crippen MR) is 98.2 cm³/mol. The Morgan fingerprint density at radius 1 is 1.29 bits per heavy atom. The van der Waals surface area contributed by atoms with Crippen molar-refractivity contribution >= 4 is 29.4 Å². The van der Waals surface area contributed by atoms with Crippen LogP contribution in [0.5, 0.6) is 5.75 Å². The number of amides is 1. The molecule has 5 heteroatoms. The van der Waals surface area contributed by atoms with Crippen LogP contribution in [0.4, 0.5) is 5.69 Å². The highest BCUT2D eigenvalue weighted by atomic mass is 32.2. The summed E-state index contributed by atoms with van der Waals surface area (Å²) in [6, 6.07) is 15.0. The van der Waals surface area contributed by atoms with E-state index in [1.165, 1.54) is 0 Å². The lowest BCUT2D eigenvalue weighted by Crippen LogP contribution is -2.13. The summed E-state index contributed by atoms with van der Waals surface area (Å²) in [6.07, 6.45) is 3.52. The van der Waals surface area contributed by atoms with Crippen molar-refractivity contribution in [2.24, 2.45) is 0 Å². The number of benzene rings is 2. The van der Waals surface area contributed by atoms with Gasteiger partial charge in [-0.3, -0.25) is 4.79 Å². The molecule has 0 heterocycles. The first-order chi connectivity index (χ1) is 11.6. The molecule has 4 nitrogen and oxygen atoms in total. The van der Waals surface area contributed by atoms with Crippen LogP contribution >= 0.6 is 11.8 Å². The second-order valence-electron chi connectivity index (χ2n) is 5.11. The highest BCUT2D eigenvalue weighted by Crippen LogP contribution is 2.29. The number of rotatable bonds is 5. The molecular formula is C19H18N2O2S. The maximum atomic E-state index is 12.3. The van der Waals surface area contributed by atoms with E-state index >= 15 is 0 Å². The molecule has 0 atom stereocenters. The van der Waals surface area contributed by atoms with Crippen molar-refractivity contribution in [1.29, 1.82) is 5.26 Å². The zero-order valence-electron chi connectivity index (χ0n) is 13.8. The van der Waals surface area contributed by atoms with E-state index in [9.17, 15) is 10.1 Å². The van der Waals surface area contributed by atoms with Crippen molar-refractivity contribution in [3.8, 4) is 11.8 Å². The third kappa shape index (κ3) is 4.40. The van der Waals surface area contributed by atoms with Gasteiger partial charge in [0.15, 0.2) is 0 Å². The fraction of sp³-hybridized carbons (Fsp3) is 0.158. The summed E-state index contributed by atoms with van der Waals surface area (Å²) in [5.74, 6) is 0.281. The van der Waals surface area contributed by atoms with Crippen molar-refractivity contribution in [1.82, 2.24) is 0 Å². The van der Waals surface area contributed by atoms with Gasteiger partial charge in [-0.1, -0.05) is 18.2 Å². The molecule has 0 aliphatic rings. The van der Waals surface area contributed by atoms with Gasteiger partial charge < -0.3 is 10.1 Å². The van der Waals surface area contributed by atoms with E-state index < -0.39 is 5.91 Å². The van der Waals surface area contributed by atoms with Gasteiger partial charge in [0.25, 0.3) is 5.91 Å². The predicted octanol–water partition coefficient (Wildman–Crippen LogP) is 4.27. The Balaban J connectivity index is 2.25. The normalized spacial score (nSPS) is 10.8. The van der Waals surface area contributed by atoms with Crippen LogP contribution in [0, 0.1) is 18.3 Å². The molecule has 122 valence electrons. The molecule has 0 saturated heterocycles. The zero-order chi connectivity index (χ0) is 17.5. The maximum absolute atomic E-state index is 12.3. The molecule has 1 amide bonds. The van der Waals surface area contributed by atoms with Gasteiger partial charge >= 0.3 is 0 Å². The van der Waals surface area contributed by atoms with Crippen LogP contribution in [0.1, 0.15) is 11.1 Å². The minimum absolute atomic E-state index is 0.0375. The molecule has 0 spiro atoms. The summed E-state index contributed by atoms with van der Waals surface area (Å²) in [7, 11) is 1.60. The summed E-state index contributed by atoms with van der Waals surface area (Å²) >= 11 is 1.57. The molecule has 2 aromatic carbocycles. The summed E-state index contributed by atoms with van der Waals surface area (Å²) in [6.45, 7) is 1.94. The molecule has 0 saturated carbocycles. The van der Waals surface area contributed by atoms with Crippen molar-refractivity contribution in [2.45, 2.75) is 11.8 Å². The quantitative estimate of drug-likeness (QED) is 0.502. The van der Waals surface area contributed by atoms with E-state index in [0.29, 0.717) is 11.4 Å². The van der Waals surface area contributed by atoms with Crippen LogP contribution in [0.3, 0.4) is 0 Å². The Hall–Kier alpha value is -2.71. The van der Waals surface area contributed by atoms with Gasteiger partial charge in [-0.25, -0.2) is 0 Å². The monoisotopic (exact) mass is 338 g/mol. The van der Waals surface area contributed by atoms with Crippen LogP contribution < -0.4 is 10.1 Å². The highest BCUT2D eigenvalue weighted by molar-refractivity contribution is 7.98. The summed E-state index contributed by atoms with van der Waals surface area (Å²) < 4.78 is 5.33. The lowest BCUT2D eigenvalue weighted by molar-refractivity contribution is -0.112. The highest BCUT2D eigenvalue weighted by Gasteiger charge is 2.10. The number of methoxy groups -OCH3 is 1. The summed E-state index contributed by atoms with van der Waals surface area (Å²) in [5.41, 5.74) is 2.47. The first-order valence-corrected chi connectivity index (χ1v) is 8.51. The average molecular weight is 338 g/mol. The molecule has 0 fully saturated rings. The standard InChI is InChI=1S/C19H18N2O2S/c1-13-5-4-6-16(9-13)21-19(22)15(12-20)10-14-7-8-18(24-3)17(11-14)23-2/h4-11H,1-3H3,(H,21,22)/b15-10-. The first kappa shape index (κ1) is 17.6. The van der Waals surface area contributed by atoms with Gasteiger partial charge in [-0.15, -0.1) is 11.8 Å². The number of hydrogen-bond donors (Lipinski definition) is 1. The lowest BCUT2D eigenvalue weighted by Gasteiger charge is -2.08. The van der Waals surface area contributed by atoms with E-state index in [1.54, 1.807) is 31.0 Å². The molecular weight excluding hydrogens is 320 g/mol. The number of nitriles is 1. The van der Waals surface area contributed by atoms with Gasteiger partial charge in [0, 0.05) is 10.6 Å². The summed E-state index contributed by atoms with van der Waals surface area (Å²) in [5, 5.41) is 12.0. The van der Waals surface area contributed by atoms with Gasteiger partial charge in [0.2, 0.25) is 0 Å². The topological polar surface area (TPSA) is 62.1 Å². The first-order valence-electron chi connectivity index (χ1n) is 7.29. The molecule has 0 aromatic heterocycles. The molecule has 2 aromatic rings. The van der Waals surface area contributed by atoms with E-state index in [-0.39, 0.29) is 5.57 Å². The third-order valence-electron chi connectivity index (χ3n) is 3.36. The molecule has 0 unspecified atom stereocenters. The number of anilines is 1. The van der Waals surface area contributed by atoms with E-state index in [0.717, 1.165) is 16.0 Å². The second-order valence-corrected chi connectivity index (χ2v) is 5.96. The molecule has 0 radical (unpaired) electrons. The van der Waals surface area contributed by atoms with E-state index in [1.807, 2.05) is 55.6 Å². The Morgan fingerprint density at radius 3 is 2.71 bits per heavy atom. The van der Waals surface area contributed by atoms with Gasteiger partial charge in [-0.05, 0) is 54.6 Å². The maximum Gasteiger partial charge on any atom is 0.266 e. The third-order valence-corrected chi connectivity index (χ3v) is 4.14. The number of nitrogens with one attached hydrogen (secondary N) is 1. The van der Waals surface area contributed by atoms with Gasteiger partial charge in [-0.2, -0.15) is 5.26 Å². The number of carbonyl (C=O) groups excluding carboxylic acids is 1. The minimum Gasteiger partial charge on any atom is -0.496 e. The molecule has 0 aliphatic carbocycles. The number of aryl methyl sites for hydroxylation is 1. The lowest BCUT2D eigenvalue weighted by atomic mass is 10.1. The van der Waals surface area contributed by atoms with Crippen LogP contribution in [-0.4, -0.2) is 19.3 Å². The Labute approximate surface area is 146 Å².